The summed E-state index contributed by atoms with van der Waals surface area (Å²) >= 11 is 0. The molecule has 3 aromatic carbocycles. The van der Waals surface area contributed by atoms with Gasteiger partial charge in [-0.3, -0.25) is 14.6 Å². The second-order valence-electron chi connectivity index (χ2n) is 9.97. The van der Waals surface area contributed by atoms with Gasteiger partial charge in [0.05, 0.1) is 13.7 Å². The molecule has 1 aliphatic heterocycles. The number of methoxy groups -OCH3 is 1. The van der Waals surface area contributed by atoms with E-state index in [1.165, 1.54) is 0 Å². The van der Waals surface area contributed by atoms with Crippen LogP contribution in [0.5, 0.6) is 11.5 Å². The molecule has 39 heavy (non-hydrogen) atoms. The first-order valence-corrected chi connectivity index (χ1v) is 13.4. The van der Waals surface area contributed by atoms with Crippen molar-refractivity contribution in [1.29, 1.82) is 0 Å². The van der Waals surface area contributed by atoms with E-state index < -0.39 is 11.8 Å². The molecule has 1 heterocycles. The molecule has 6 nitrogen and oxygen atoms in total. The Labute approximate surface area is 229 Å². The lowest BCUT2D eigenvalue weighted by Gasteiger charge is -2.36. The Morgan fingerprint density at radius 1 is 0.897 bits per heavy atom. The van der Waals surface area contributed by atoms with Crippen molar-refractivity contribution in [2.75, 3.05) is 13.7 Å². The van der Waals surface area contributed by atoms with Crippen LogP contribution in [0.25, 0.3) is 0 Å². The van der Waals surface area contributed by atoms with Crippen molar-refractivity contribution in [2.24, 2.45) is 10.9 Å². The Kier molecular flexibility index (Phi) is 7.92. The predicted molar refractivity (Wildman–Crippen MR) is 150 cm³/mol. The standard InChI is InChI=1S/C33H33NO5/c1-4-38-33(36)30-21(2)34-28-18-25(23-10-14-26(37-3)15-11-23)19-29(35)32(28)31(30)24-12-16-27(17-13-24)39-20-22-8-6-5-7-9-22/h5-17,25,30-31H,4,18-20H2,1-3H3/t25-,30?,31-/m1/s1. The van der Waals surface area contributed by atoms with Gasteiger partial charge in [-0.15, -0.1) is 0 Å². The summed E-state index contributed by atoms with van der Waals surface area (Å²) in [6.45, 7) is 4.37. The quantitative estimate of drug-likeness (QED) is 0.319. The van der Waals surface area contributed by atoms with Crippen LogP contribution in [-0.4, -0.2) is 31.2 Å². The molecule has 200 valence electrons. The van der Waals surface area contributed by atoms with Crippen LogP contribution < -0.4 is 9.47 Å². The highest BCUT2D eigenvalue weighted by molar-refractivity contribution is 6.09. The van der Waals surface area contributed by atoms with Crippen molar-refractivity contribution in [3.63, 3.8) is 0 Å². The number of carbonyl (C=O) groups is 2. The second-order valence-corrected chi connectivity index (χ2v) is 9.97. The number of hydrogen-bond donors (Lipinski definition) is 0. The number of benzene rings is 3. The fourth-order valence-corrected chi connectivity index (χ4v) is 5.58. The van der Waals surface area contributed by atoms with Crippen LogP contribution in [0.15, 0.2) is 95.1 Å². The molecule has 3 aromatic rings. The Morgan fingerprint density at radius 2 is 1.56 bits per heavy atom. The van der Waals surface area contributed by atoms with Crippen LogP contribution in [0.4, 0.5) is 0 Å². The third-order valence-corrected chi connectivity index (χ3v) is 7.50. The molecule has 2 aliphatic rings. The average Bonchev–Trinajstić information content (AvgIpc) is 2.96. The monoisotopic (exact) mass is 523 g/mol. The normalized spacial score (nSPS) is 20.6. The van der Waals surface area contributed by atoms with Crippen molar-refractivity contribution in [1.82, 2.24) is 0 Å². The van der Waals surface area contributed by atoms with Crippen LogP contribution in [-0.2, 0) is 20.9 Å². The first-order valence-electron chi connectivity index (χ1n) is 13.4. The minimum Gasteiger partial charge on any atom is -0.497 e. The van der Waals surface area contributed by atoms with Crippen LogP contribution in [0.2, 0.25) is 0 Å². The fourth-order valence-electron chi connectivity index (χ4n) is 5.58. The molecule has 1 unspecified atom stereocenters. The van der Waals surface area contributed by atoms with Gasteiger partial charge in [-0.2, -0.15) is 0 Å². The highest BCUT2D eigenvalue weighted by Gasteiger charge is 2.44. The molecule has 0 bridgehead atoms. The maximum Gasteiger partial charge on any atom is 0.315 e. The SMILES string of the molecule is CCOC(=O)C1C(C)=NC2=C(C(=O)C[C@H](c3ccc(OC)cc3)C2)[C@@H]1c1ccc(OCc2ccccc2)cc1. The van der Waals surface area contributed by atoms with E-state index in [9.17, 15) is 9.59 Å². The van der Waals surface area contributed by atoms with E-state index >= 15 is 0 Å². The lowest BCUT2D eigenvalue weighted by atomic mass is 9.69. The van der Waals surface area contributed by atoms with E-state index in [2.05, 4.69) is 0 Å². The Balaban J connectivity index is 1.46. The molecule has 0 aromatic heterocycles. The summed E-state index contributed by atoms with van der Waals surface area (Å²) in [5, 5.41) is 0. The number of ether oxygens (including phenoxy) is 3. The van der Waals surface area contributed by atoms with Crippen molar-refractivity contribution >= 4 is 17.5 Å². The molecule has 3 atom stereocenters. The van der Waals surface area contributed by atoms with Crippen LogP contribution in [0.3, 0.4) is 0 Å². The molecular formula is C33H33NO5. The number of ketones is 1. The zero-order chi connectivity index (χ0) is 27.4. The number of aliphatic imine (C=N–C) groups is 1. The molecule has 0 N–H and O–H groups in total. The van der Waals surface area contributed by atoms with Crippen LogP contribution in [0.1, 0.15) is 55.2 Å². The molecule has 1 aliphatic carbocycles. The van der Waals surface area contributed by atoms with Gasteiger partial charge in [0.15, 0.2) is 5.78 Å². The highest BCUT2D eigenvalue weighted by Crippen LogP contribution is 2.47. The van der Waals surface area contributed by atoms with Crippen molar-refractivity contribution < 1.29 is 23.8 Å². The average molecular weight is 524 g/mol. The van der Waals surface area contributed by atoms with E-state index in [4.69, 9.17) is 19.2 Å². The third kappa shape index (κ3) is 5.65. The maximum absolute atomic E-state index is 13.7. The van der Waals surface area contributed by atoms with E-state index in [0.717, 1.165) is 33.9 Å². The Hall–Kier alpha value is -4.19. The molecule has 0 radical (unpaired) electrons. The van der Waals surface area contributed by atoms with E-state index in [1.807, 2.05) is 85.8 Å². The number of carbonyl (C=O) groups excluding carboxylic acids is 2. The minimum absolute atomic E-state index is 0.0206. The number of hydrogen-bond acceptors (Lipinski definition) is 6. The van der Waals surface area contributed by atoms with Crippen molar-refractivity contribution in [3.05, 3.63) is 107 Å². The molecule has 6 heteroatoms. The zero-order valence-corrected chi connectivity index (χ0v) is 22.6. The van der Waals surface area contributed by atoms with Gasteiger partial charge in [0, 0.05) is 29.3 Å². The van der Waals surface area contributed by atoms with Gasteiger partial charge in [-0.25, -0.2) is 0 Å². The maximum atomic E-state index is 13.7. The number of Topliss-reactive ketones (excluding diaryl/α,β-unsaturated/α-hetero) is 1. The van der Waals surface area contributed by atoms with Crippen molar-refractivity contribution in [3.8, 4) is 11.5 Å². The van der Waals surface area contributed by atoms with E-state index in [0.29, 0.717) is 30.7 Å². The third-order valence-electron chi connectivity index (χ3n) is 7.50. The van der Waals surface area contributed by atoms with Gasteiger partial charge in [-0.1, -0.05) is 54.6 Å². The first kappa shape index (κ1) is 26.4. The first-order chi connectivity index (χ1) is 19.0. The van der Waals surface area contributed by atoms with Crippen LogP contribution in [0, 0.1) is 5.92 Å². The Morgan fingerprint density at radius 3 is 2.23 bits per heavy atom. The summed E-state index contributed by atoms with van der Waals surface area (Å²) < 4.78 is 16.7. The summed E-state index contributed by atoms with van der Waals surface area (Å²) in [5.41, 5.74) is 5.09. The predicted octanol–water partition coefficient (Wildman–Crippen LogP) is 6.41. The fraction of sp³-hybridized carbons (Fsp3) is 0.303. The lowest BCUT2D eigenvalue weighted by molar-refractivity contribution is -0.146. The number of nitrogens with zero attached hydrogens (tertiary/aromatic N) is 1. The summed E-state index contributed by atoms with van der Waals surface area (Å²) in [6.07, 6.45) is 0.999. The molecule has 0 saturated heterocycles. The molecule has 5 rings (SSSR count). The number of esters is 1. The van der Waals surface area contributed by atoms with Gasteiger partial charge < -0.3 is 14.2 Å². The number of rotatable bonds is 8. The van der Waals surface area contributed by atoms with Gasteiger partial charge in [0.1, 0.15) is 24.0 Å². The Bertz CT molecular complexity index is 1390. The van der Waals surface area contributed by atoms with Gasteiger partial charge in [-0.05, 0) is 67.1 Å². The zero-order valence-electron chi connectivity index (χ0n) is 22.6. The van der Waals surface area contributed by atoms with E-state index in [1.54, 1.807) is 14.0 Å². The van der Waals surface area contributed by atoms with Gasteiger partial charge in [0.2, 0.25) is 0 Å². The molecule has 0 fully saturated rings. The van der Waals surface area contributed by atoms with Crippen LogP contribution >= 0.6 is 0 Å². The largest absolute Gasteiger partial charge is 0.497 e. The lowest BCUT2D eigenvalue weighted by Crippen LogP contribution is -2.38. The molecule has 0 spiro atoms. The summed E-state index contributed by atoms with van der Waals surface area (Å²) in [7, 11) is 1.64. The summed E-state index contributed by atoms with van der Waals surface area (Å²) in [4.78, 5) is 31.8. The molecule has 0 saturated carbocycles. The second kappa shape index (κ2) is 11.7. The minimum atomic E-state index is -0.652. The number of allylic oxidation sites excluding steroid dienone is 2. The summed E-state index contributed by atoms with van der Waals surface area (Å²) in [6, 6.07) is 25.5. The smallest absolute Gasteiger partial charge is 0.315 e. The van der Waals surface area contributed by atoms with Gasteiger partial charge >= 0.3 is 5.97 Å². The topological polar surface area (TPSA) is 74.2 Å². The van der Waals surface area contributed by atoms with Crippen molar-refractivity contribution in [2.45, 2.75) is 45.1 Å². The van der Waals surface area contributed by atoms with E-state index in [-0.39, 0.29) is 24.3 Å². The highest BCUT2D eigenvalue weighted by atomic mass is 16.5. The molecule has 0 amide bonds. The van der Waals surface area contributed by atoms with Gasteiger partial charge in [0.25, 0.3) is 0 Å². The summed E-state index contributed by atoms with van der Waals surface area (Å²) in [5.74, 6) is 0.0838. The molecular weight excluding hydrogens is 490 g/mol.